The van der Waals surface area contributed by atoms with E-state index in [2.05, 4.69) is 11.3 Å². The average molecular weight is 534 g/mol. The van der Waals surface area contributed by atoms with Crippen LogP contribution in [0, 0.1) is 5.92 Å². The summed E-state index contributed by atoms with van der Waals surface area (Å²) in [4.78, 5) is 14.4. The fourth-order valence-electron chi connectivity index (χ4n) is 3.73. The summed E-state index contributed by atoms with van der Waals surface area (Å²) in [6.45, 7) is 16.6. The summed E-state index contributed by atoms with van der Waals surface area (Å²) in [5.74, 6) is 0.660. The van der Waals surface area contributed by atoms with E-state index in [1.54, 1.807) is 23.1 Å². The highest BCUT2D eigenvalue weighted by molar-refractivity contribution is 7.90. The van der Waals surface area contributed by atoms with Crippen molar-refractivity contribution in [2.24, 2.45) is 5.92 Å². The summed E-state index contributed by atoms with van der Waals surface area (Å²) in [6.07, 6.45) is 3.69. The molecule has 1 N–H and O–H groups in total. The Morgan fingerprint density at radius 3 is 2.47 bits per heavy atom. The molecule has 0 saturated carbocycles. The van der Waals surface area contributed by atoms with Crippen LogP contribution in [-0.4, -0.2) is 45.6 Å². The van der Waals surface area contributed by atoms with Gasteiger partial charge in [0, 0.05) is 36.1 Å². The van der Waals surface area contributed by atoms with Crippen molar-refractivity contribution in [3.63, 3.8) is 0 Å². The molecule has 1 amide bonds. The summed E-state index contributed by atoms with van der Waals surface area (Å²) in [5, 5.41) is 0.789. The number of halogens is 2. The number of hydrogen-bond donors (Lipinski definition) is 1. The number of ether oxygens (including phenoxy) is 2. The molecular formula is C25H38Cl2N2O4S. The van der Waals surface area contributed by atoms with Gasteiger partial charge in [0.15, 0.2) is 0 Å². The van der Waals surface area contributed by atoms with Crippen molar-refractivity contribution in [2.45, 2.75) is 77.2 Å². The zero-order chi connectivity index (χ0) is 25.7. The second-order valence-electron chi connectivity index (χ2n) is 10.5. The van der Waals surface area contributed by atoms with Crippen LogP contribution in [0.3, 0.4) is 0 Å². The van der Waals surface area contributed by atoms with Gasteiger partial charge in [-0.15, -0.1) is 4.72 Å². The predicted molar refractivity (Wildman–Crippen MR) is 141 cm³/mol. The van der Waals surface area contributed by atoms with Crippen LogP contribution in [0.1, 0.15) is 72.4 Å². The summed E-state index contributed by atoms with van der Waals surface area (Å²) in [7, 11) is 0. The van der Waals surface area contributed by atoms with Crippen LogP contribution in [0.2, 0.25) is 10.0 Å². The molecule has 1 fully saturated rings. The minimum absolute atomic E-state index is 0.0852. The number of nitrogens with one attached hydrogen (secondary N) is 1. The van der Waals surface area contributed by atoms with Crippen LogP contribution < -0.4 is 9.46 Å². The molecule has 192 valence electrons. The number of amides is 1. The number of carbonyl (C=O) groups is 1. The van der Waals surface area contributed by atoms with Gasteiger partial charge in [-0.1, -0.05) is 35.9 Å². The molecule has 1 heterocycles. The maximum absolute atomic E-state index is 13.2. The van der Waals surface area contributed by atoms with Gasteiger partial charge < -0.3 is 18.9 Å². The van der Waals surface area contributed by atoms with E-state index in [0.717, 1.165) is 18.4 Å². The molecule has 6 nitrogen and oxygen atoms in total. The van der Waals surface area contributed by atoms with Crippen LogP contribution in [0.4, 0.5) is 4.79 Å². The number of benzene rings is 1. The largest absolute Gasteiger partial charge is 0.598 e. The van der Waals surface area contributed by atoms with E-state index >= 15 is 0 Å². The van der Waals surface area contributed by atoms with E-state index in [9.17, 15) is 9.35 Å². The molecule has 0 aromatic heterocycles. The molecule has 1 aliphatic heterocycles. The van der Waals surface area contributed by atoms with Gasteiger partial charge in [0.1, 0.15) is 22.7 Å². The monoisotopic (exact) mass is 532 g/mol. The highest BCUT2D eigenvalue weighted by atomic mass is 35.5. The van der Waals surface area contributed by atoms with Crippen LogP contribution in [0.25, 0.3) is 0 Å². The lowest BCUT2D eigenvalue weighted by Crippen LogP contribution is -2.43. The SMILES string of the molecule is C=CCOc1cc(Cl)c(Cl)cc1[C@H](N[S@@+]([O-])C(C)(C)C)C1CCCN(C(=O)OC(C)(C)C)CC1. The highest BCUT2D eigenvalue weighted by Crippen LogP contribution is 2.41. The van der Waals surface area contributed by atoms with Crippen LogP contribution >= 0.6 is 23.2 Å². The fourth-order valence-corrected chi connectivity index (χ4v) is 4.96. The smallest absolute Gasteiger partial charge is 0.410 e. The summed E-state index contributed by atoms with van der Waals surface area (Å²) >= 11 is 11.4. The second-order valence-corrected chi connectivity index (χ2v) is 13.4. The zero-order valence-corrected chi connectivity index (χ0v) is 23.4. The van der Waals surface area contributed by atoms with Crippen molar-refractivity contribution in [3.05, 3.63) is 40.4 Å². The van der Waals surface area contributed by atoms with Crippen molar-refractivity contribution in [1.29, 1.82) is 0 Å². The molecule has 2 rings (SSSR count). The summed E-state index contributed by atoms with van der Waals surface area (Å²) in [6, 6.07) is 3.17. The number of likely N-dealkylation sites (tertiary alicyclic amines) is 1. The van der Waals surface area contributed by atoms with Gasteiger partial charge in [0.05, 0.1) is 16.1 Å². The van der Waals surface area contributed by atoms with Crippen molar-refractivity contribution in [3.8, 4) is 5.75 Å². The van der Waals surface area contributed by atoms with Gasteiger partial charge >= 0.3 is 6.09 Å². The molecule has 0 bridgehead atoms. The third kappa shape index (κ3) is 8.52. The van der Waals surface area contributed by atoms with Gasteiger partial charge in [0.2, 0.25) is 0 Å². The third-order valence-corrected chi connectivity index (χ3v) is 7.73. The third-order valence-electron chi connectivity index (χ3n) is 5.43. The number of nitrogens with zero attached hydrogens (tertiary/aromatic N) is 1. The van der Waals surface area contributed by atoms with Crippen molar-refractivity contribution in [1.82, 2.24) is 9.62 Å². The van der Waals surface area contributed by atoms with E-state index in [0.29, 0.717) is 41.9 Å². The zero-order valence-electron chi connectivity index (χ0n) is 21.1. The standard InChI is InChI=1S/C25H38Cl2N2O4S/c1-8-14-32-21-16-20(27)19(26)15-18(21)22(28-34(31)25(5,6)7)17-10-9-12-29(13-11-17)23(30)33-24(2,3)4/h8,15-17,22,28H,1,9-14H2,2-7H3/t17?,22-,34+/m1/s1. The van der Waals surface area contributed by atoms with E-state index in [1.807, 2.05) is 41.5 Å². The van der Waals surface area contributed by atoms with E-state index < -0.39 is 21.7 Å². The Bertz CT molecular complexity index is 855. The quantitative estimate of drug-likeness (QED) is 0.312. The van der Waals surface area contributed by atoms with Crippen LogP contribution in [-0.2, 0) is 16.1 Å². The molecule has 1 unspecified atom stereocenters. The second kappa shape index (κ2) is 12.2. The van der Waals surface area contributed by atoms with E-state index in [4.69, 9.17) is 32.7 Å². The Kier molecular flexibility index (Phi) is 10.5. The molecule has 0 radical (unpaired) electrons. The Morgan fingerprint density at radius 1 is 1.24 bits per heavy atom. The Balaban J connectivity index is 2.38. The molecule has 1 aromatic rings. The molecular weight excluding hydrogens is 495 g/mol. The maximum Gasteiger partial charge on any atom is 0.410 e. The molecule has 1 aromatic carbocycles. The normalized spacial score (nSPS) is 19.2. The Hall–Kier alpha value is -1.12. The van der Waals surface area contributed by atoms with Crippen molar-refractivity contribution in [2.75, 3.05) is 19.7 Å². The highest BCUT2D eigenvalue weighted by Gasteiger charge is 2.37. The van der Waals surface area contributed by atoms with E-state index in [1.165, 1.54) is 0 Å². The van der Waals surface area contributed by atoms with Gasteiger partial charge in [-0.2, -0.15) is 0 Å². The minimum atomic E-state index is -1.34. The first kappa shape index (κ1) is 29.1. The first-order valence-corrected chi connectivity index (χ1v) is 13.5. The van der Waals surface area contributed by atoms with Gasteiger partial charge in [-0.05, 0) is 72.8 Å². The molecule has 0 aliphatic carbocycles. The fraction of sp³-hybridized carbons (Fsp3) is 0.640. The Morgan fingerprint density at radius 2 is 1.88 bits per heavy atom. The number of carbonyl (C=O) groups excluding carboxylic acids is 1. The lowest BCUT2D eigenvalue weighted by molar-refractivity contribution is 0.0254. The van der Waals surface area contributed by atoms with Crippen molar-refractivity contribution < 1.29 is 18.8 Å². The van der Waals surface area contributed by atoms with E-state index in [-0.39, 0.29) is 18.1 Å². The predicted octanol–water partition coefficient (Wildman–Crippen LogP) is 6.69. The first-order valence-electron chi connectivity index (χ1n) is 11.6. The lowest BCUT2D eigenvalue weighted by Gasteiger charge is -2.33. The molecule has 1 aliphatic rings. The molecule has 3 atom stereocenters. The summed E-state index contributed by atoms with van der Waals surface area (Å²) in [5.41, 5.74) is 0.248. The minimum Gasteiger partial charge on any atom is -0.598 e. The van der Waals surface area contributed by atoms with Crippen LogP contribution in [0.15, 0.2) is 24.8 Å². The topological polar surface area (TPSA) is 73.9 Å². The number of rotatable bonds is 7. The van der Waals surface area contributed by atoms with Gasteiger partial charge in [0.25, 0.3) is 0 Å². The molecule has 0 spiro atoms. The first-order chi connectivity index (χ1) is 15.7. The molecule has 34 heavy (non-hydrogen) atoms. The number of hydrogen-bond acceptors (Lipinski definition) is 5. The van der Waals surface area contributed by atoms with Crippen LogP contribution in [0.5, 0.6) is 5.75 Å². The van der Waals surface area contributed by atoms with Gasteiger partial charge in [-0.3, -0.25) is 0 Å². The summed E-state index contributed by atoms with van der Waals surface area (Å²) < 4.78 is 27.6. The average Bonchev–Trinajstić information content (AvgIpc) is 2.97. The maximum atomic E-state index is 13.2. The Labute approximate surface area is 217 Å². The molecule has 1 saturated heterocycles. The lowest BCUT2D eigenvalue weighted by atomic mass is 9.87. The molecule has 9 heteroatoms. The van der Waals surface area contributed by atoms with Gasteiger partial charge in [-0.25, -0.2) is 4.79 Å². The van der Waals surface area contributed by atoms with Crippen molar-refractivity contribution >= 4 is 40.7 Å².